The van der Waals surface area contributed by atoms with Gasteiger partial charge in [0.1, 0.15) is 0 Å². The summed E-state index contributed by atoms with van der Waals surface area (Å²) >= 11 is 1.20. The van der Waals surface area contributed by atoms with Crippen molar-refractivity contribution in [3.8, 4) is 0 Å². The Bertz CT molecular complexity index is 332. The van der Waals surface area contributed by atoms with Crippen LogP contribution < -0.4 is 10.6 Å². The highest BCUT2D eigenvalue weighted by atomic mass is 35.5. The van der Waals surface area contributed by atoms with Gasteiger partial charge in [-0.05, 0) is 37.8 Å². The Balaban J connectivity index is 0.00000128. The Morgan fingerprint density at radius 2 is 2.50 bits per heavy atom. The van der Waals surface area contributed by atoms with Crippen LogP contribution in [0.25, 0.3) is 0 Å². The Morgan fingerprint density at radius 3 is 3.12 bits per heavy atom. The first-order valence-electron chi connectivity index (χ1n) is 5.07. The minimum Gasteiger partial charge on any atom is -0.348 e. The summed E-state index contributed by atoms with van der Waals surface area (Å²) < 4.78 is 3.67. The largest absolute Gasteiger partial charge is 0.348 e. The second-order valence-corrected chi connectivity index (χ2v) is 4.45. The highest BCUT2D eigenvalue weighted by Crippen LogP contribution is 2.09. The summed E-state index contributed by atoms with van der Waals surface area (Å²) in [5.41, 5.74) is 0.422. The minimum atomic E-state index is -0.108. The first kappa shape index (κ1) is 13.3. The molecule has 1 amide bonds. The Labute approximate surface area is 105 Å². The topological polar surface area (TPSA) is 66.9 Å². The van der Waals surface area contributed by atoms with Gasteiger partial charge >= 0.3 is 0 Å². The lowest BCUT2D eigenvalue weighted by Crippen LogP contribution is -2.46. The molecular weight excluding hydrogens is 248 g/mol. The molecule has 0 spiro atoms. The summed E-state index contributed by atoms with van der Waals surface area (Å²) in [4.78, 5) is 11.7. The molecular formula is C9H15ClN4OS. The van der Waals surface area contributed by atoms with Crippen LogP contribution in [0, 0.1) is 0 Å². The maximum atomic E-state index is 11.7. The molecule has 1 saturated heterocycles. The van der Waals surface area contributed by atoms with E-state index in [0.717, 1.165) is 19.4 Å². The molecule has 0 saturated carbocycles. The van der Waals surface area contributed by atoms with Gasteiger partial charge in [0.2, 0.25) is 0 Å². The molecule has 0 radical (unpaired) electrons. The van der Waals surface area contributed by atoms with Crippen LogP contribution in [-0.2, 0) is 0 Å². The number of rotatable bonds is 2. The van der Waals surface area contributed by atoms with Crippen molar-refractivity contribution in [2.75, 3.05) is 6.54 Å². The lowest BCUT2D eigenvalue weighted by Gasteiger charge is -2.28. The molecule has 2 rings (SSSR count). The van der Waals surface area contributed by atoms with E-state index in [0.29, 0.717) is 11.7 Å². The predicted octanol–water partition coefficient (Wildman–Crippen LogP) is 0.830. The lowest BCUT2D eigenvalue weighted by atomic mass is 10.0. The average Bonchev–Trinajstić information content (AvgIpc) is 2.70. The Kier molecular flexibility index (Phi) is 5.11. The fourth-order valence-electron chi connectivity index (χ4n) is 1.79. The van der Waals surface area contributed by atoms with Gasteiger partial charge in [0.15, 0.2) is 5.69 Å². The van der Waals surface area contributed by atoms with Crippen molar-refractivity contribution in [3.63, 3.8) is 0 Å². The summed E-state index contributed by atoms with van der Waals surface area (Å²) in [7, 11) is 0. The van der Waals surface area contributed by atoms with Gasteiger partial charge < -0.3 is 10.6 Å². The first-order chi connectivity index (χ1) is 7.25. The fourth-order valence-corrected chi connectivity index (χ4v) is 2.22. The van der Waals surface area contributed by atoms with Crippen molar-refractivity contribution in [1.82, 2.24) is 20.2 Å². The van der Waals surface area contributed by atoms with Gasteiger partial charge in [-0.15, -0.1) is 17.5 Å². The number of nitrogens with one attached hydrogen (secondary N) is 2. The fraction of sp³-hybridized carbons (Fsp3) is 0.667. The molecule has 1 aliphatic heterocycles. The van der Waals surface area contributed by atoms with Crippen molar-refractivity contribution < 1.29 is 4.79 Å². The van der Waals surface area contributed by atoms with Crippen LogP contribution in [0.1, 0.15) is 30.3 Å². The van der Waals surface area contributed by atoms with Gasteiger partial charge in [0, 0.05) is 17.5 Å². The van der Waals surface area contributed by atoms with E-state index in [9.17, 15) is 4.79 Å². The van der Waals surface area contributed by atoms with Crippen LogP contribution in [0.5, 0.6) is 0 Å². The van der Waals surface area contributed by atoms with Crippen LogP contribution >= 0.6 is 23.9 Å². The molecule has 1 aromatic rings. The van der Waals surface area contributed by atoms with E-state index in [4.69, 9.17) is 0 Å². The number of hydrogen-bond acceptors (Lipinski definition) is 5. The molecule has 1 aromatic heterocycles. The van der Waals surface area contributed by atoms with Gasteiger partial charge in [-0.25, -0.2) is 0 Å². The van der Waals surface area contributed by atoms with Crippen LogP contribution in [0.2, 0.25) is 0 Å². The maximum Gasteiger partial charge on any atom is 0.272 e. The van der Waals surface area contributed by atoms with Gasteiger partial charge in [-0.1, -0.05) is 4.49 Å². The van der Waals surface area contributed by atoms with E-state index < -0.39 is 0 Å². The van der Waals surface area contributed by atoms with E-state index >= 15 is 0 Å². The smallest absolute Gasteiger partial charge is 0.272 e. The molecule has 2 N–H and O–H groups in total. The maximum absolute atomic E-state index is 11.7. The molecule has 1 fully saturated rings. The summed E-state index contributed by atoms with van der Waals surface area (Å²) in [6, 6.07) is 0.730. The molecule has 90 valence electrons. The number of carbonyl (C=O) groups is 1. The van der Waals surface area contributed by atoms with Crippen molar-refractivity contribution in [3.05, 3.63) is 11.1 Å². The zero-order chi connectivity index (χ0) is 10.7. The van der Waals surface area contributed by atoms with Crippen molar-refractivity contribution in [2.24, 2.45) is 0 Å². The molecule has 2 heterocycles. The standard InChI is InChI=1S/C9H14N4OS.ClH/c1-6-4-7(2-3-10-6)11-9(14)8-5-15-13-12-8;/h5-7,10H,2-4H2,1H3,(H,11,14);1H. The van der Waals surface area contributed by atoms with E-state index in [1.165, 1.54) is 11.5 Å². The third-order valence-corrected chi connectivity index (χ3v) is 3.06. The molecule has 7 heteroatoms. The third-order valence-electron chi connectivity index (χ3n) is 2.55. The van der Waals surface area contributed by atoms with Gasteiger partial charge in [-0.2, -0.15) is 0 Å². The molecule has 16 heavy (non-hydrogen) atoms. The van der Waals surface area contributed by atoms with Crippen LogP contribution in [-0.4, -0.2) is 34.1 Å². The third kappa shape index (κ3) is 3.40. The summed E-state index contributed by atoms with van der Waals surface area (Å²) in [6.07, 6.45) is 1.96. The predicted molar refractivity (Wildman–Crippen MR) is 65.1 cm³/mol. The lowest BCUT2D eigenvalue weighted by molar-refractivity contribution is 0.0920. The zero-order valence-electron chi connectivity index (χ0n) is 8.97. The Hall–Kier alpha value is -0.720. The highest BCUT2D eigenvalue weighted by molar-refractivity contribution is 7.03. The number of nitrogens with zero attached hydrogens (tertiary/aromatic N) is 2. The van der Waals surface area contributed by atoms with Crippen LogP contribution in [0.15, 0.2) is 5.38 Å². The SMILES string of the molecule is CC1CC(NC(=O)c2csnn2)CCN1.Cl. The number of aromatic nitrogens is 2. The molecule has 1 aliphatic rings. The van der Waals surface area contributed by atoms with E-state index in [1.54, 1.807) is 5.38 Å². The molecule has 0 aromatic carbocycles. The highest BCUT2D eigenvalue weighted by Gasteiger charge is 2.21. The number of halogens is 1. The number of carbonyl (C=O) groups excluding carboxylic acids is 1. The van der Waals surface area contributed by atoms with E-state index in [1.807, 2.05) is 0 Å². The molecule has 5 nitrogen and oxygen atoms in total. The quantitative estimate of drug-likeness (QED) is 0.829. The minimum absolute atomic E-state index is 0. The average molecular weight is 263 g/mol. The van der Waals surface area contributed by atoms with E-state index in [2.05, 4.69) is 27.1 Å². The second-order valence-electron chi connectivity index (χ2n) is 3.84. The normalized spacial score (nSPS) is 24.6. The monoisotopic (exact) mass is 262 g/mol. The number of amides is 1. The van der Waals surface area contributed by atoms with Crippen LogP contribution in [0.3, 0.4) is 0 Å². The number of piperidine rings is 1. The molecule has 0 aliphatic carbocycles. The van der Waals surface area contributed by atoms with Crippen molar-refractivity contribution in [1.29, 1.82) is 0 Å². The van der Waals surface area contributed by atoms with Gasteiger partial charge in [0.25, 0.3) is 5.91 Å². The van der Waals surface area contributed by atoms with E-state index in [-0.39, 0.29) is 24.4 Å². The zero-order valence-corrected chi connectivity index (χ0v) is 10.6. The van der Waals surface area contributed by atoms with Crippen LogP contribution in [0.4, 0.5) is 0 Å². The van der Waals surface area contributed by atoms with Crippen molar-refractivity contribution in [2.45, 2.75) is 31.8 Å². The van der Waals surface area contributed by atoms with Crippen molar-refractivity contribution >= 4 is 29.8 Å². The summed E-state index contributed by atoms with van der Waals surface area (Å²) in [5, 5.41) is 11.7. The van der Waals surface area contributed by atoms with Gasteiger partial charge in [-0.3, -0.25) is 4.79 Å². The summed E-state index contributed by atoms with van der Waals surface area (Å²) in [6.45, 7) is 3.09. The Morgan fingerprint density at radius 1 is 1.69 bits per heavy atom. The molecule has 2 unspecified atom stereocenters. The molecule has 2 atom stereocenters. The van der Waals surface area contributed by atoms with Gasteiger partial charge in [0.05, 0.1) is 0 Å². The number of hydrogen-bond donors (Lipinski definition) is 2. The second kappa shape index (κ2) is 6.12. The molecule has 0 bridgehead atoms. The first-order valence-corrected chi connectivity index (χ1v) is 5.90. The summed E-state index contributed by atoms with van der Waals surface area (Å²) in [5.74, 6) is -0.108.